The molecule has 0 radical (unpaired) electrons. The second-order valence-electron chi connectivity index (χ2n) is 2.04. The zero-order valence-corrected chi connectivity index (χ0v) is 7.93. The van der Waals surface area contributed by atoms with Crippen LogP contribution in [0.5, 0.6) is 0 Å². The molecule has 0 unspecified atom stereocenters. The molecule has 0 aliphatic heterocycles. The van der Waals surface area contributed by atoms with Gasteiger partial charge in [-0.25, -0.2) is 4.98 Å². The van der Waals surface area contributed by atoms with Crippen molar-refractivity contribution < 1.29 is 4.79 Å². The van der Waals surface area contributed by atoms with Crippen LogP contribution in [0.25, 0.3) is 0 Å². The van der Waals surface area contributed by atoms with Gasteiger partial charge in [-0.05, 0) is 0 Å². The van der Waals surface area contributed by atoms with Gasteiger partial charge in [0, 0.05) is 11.6 Å². The van der Waals surface area contributed by atoms with Crippen molar-refractivity contribution in [3.8, 4) is 0 Å². The van der Waals surface area contributed by atoms with E-state index in [9.17, 15) is 4.79 Å². The van der Waals surface area contributed by atoms with Gasteiger partial charge in [0.25, 0.3) is 5.91 Å². The fourth-order valence-electron chi connectivity index (χ4n) is 0.714. The van der Waals surface area contributed by atoms with E-state index in [0.717, 1.165) is 0 Å². The monoisotopic (exact) mass is 212 g/mol. The highest BCUT2D eigenvalue weighted by Gasteiger charge is 2.09. The van der Waals surface area contributed by atoms with Crippen molar-refractivity contribution in [2.45, 2.75) is 0 Å². The smallest absolute Gasteiger partial charge is 0.286 e. The molecule has 1 N–H and O–H groups in total. The first-order valence-corrected chi connectivity index (χ1v) is 5.09. The summed E-state index contributed by atoms with van der Waals surface area (Å²) in [4.78, 5) is 15.2. The van der Waals surface area contributed by atoms with E-state index in [2.05, 4.69) is 20.5 Å². The van der Waals surface area contributed by atoms with Crippen LogP contribution in [0, 0.1) is 0 Å². The SMILES string of the molecule is O=C(Nc1nncs1)c1nccs1. The maximum Gasteiger partial charge on any atom is 0.286 e. The molecule has 0 atom stereocenters. The Labute approximate surface area is 81.5 Å². The molecule has 2 rings (SSSR count). The number of anilines is 1. The molecule has 66 valence electrons. The number of carbonyl (C=O) groups is 1. The highest BCUT2D eigenvalue weighted by atomic mass is 32.1. The standard InChI is InChI=1S/C6H4N4OS2/c11-4(5-7-1-2-12-5)9-6-10-8-3-13-6/h1-3H,(H,9,10,11). The summed E-state index contributed by atoms with van der Waals surface area (Å²) in [5.41, 5.74) is 1.55. The van der Waals surface area contributed by atoms with Crippen molar-refractivity contribution in [1.29, 1.82) is 0 Å². The van der Waals surface area contributed by atoms with Gasteiger partial charge >= 0.3 is 0 Å². The van der Waals surface area contributed by atoms with Crippen LogP contribution in [-0.2, 0) is 0 Å². The molecule has 7 heteroatoms. The van der Waals surface area contributed by atoms with Crippen molar-refractivity contribution in [3.05, 3.63) is 22.1 Å². The number of carbonyl (C=O) groups excluding carboxylic acids is 1. The van der Waals surface area contributed by atoms with Gasteiger partial charge in [0.1, 0.15) is 5.51 Å². The summed E-state index contributed by atoms with van der Waals surface area (Å²) in [7, 11) is 0. The van der Waals surface area contributed by atoms with E-state index in [-0.39, 0.29) is 5.91 Å². The van der Waals surface area contributed by atoms with Crippen molar-refractivity contribution in [3.63, 3.8) is 0 Å². The lowest BCUT2D eigenvalue weighted by molar-refractivity contribution is 0.102. The third-order valence-corrected chi connectivity index (χ3v) is 2.59. The molecule has 5 nitrogen and oxygen atoms in total. The molecule has 2 aromatic heterocycles. The molecule has 0 saturated heterocycles. The Hall–Kier alpha value is -1.34. The van der Waals surface area contributed by atoms with Crippen LogP contribution in [0.4, 0.5) is 5.13 Å². The molecule has 0 aliphatic rings. The second kappa shape index (κ2) is 3.58. The van der Waals surface area contributed by atoms with Gasteiger partial charge in [0.05, 0.1) is 0 Å². The van der Waals surface area contributed by atoms with E-state index in [0.29, 0.717) is 10.1 Å². The number of thiazole rings is 1. The van der Waals surface area contributed by atoms with E-state index in [1.165, 1.54) is 22.7 Å². The summed E-state index contributed by atoms with van der Waals surface area (Å²) in [6.45, 7) is 0. The summed E-state index contributed by atoms with van der Waals surface area (Å²) in [6.07, 6.45) is 1.58. The maximum atomic E-state index is 11.3. The summed E-state index contributed by atoms with van der Waals surface area (Å²) in [5.74, 6) is -0.244. The lowest BCUT2D eigenvalue weighted by Gasteiger charge is -1.94. The van der Waals surface area contributed by atoms with Gasteiger partial charge in [-0.1, -0.05) is 11.3 Å². The number of aromatic nitrogens is 3. The molecule has 2 aromatic rings. The van der Waals surface area contributed by atoms with Gasteiger partial charge in [-0.15, -0.1) is 21.5 Å². The van der Waals surface area contributed by atoms with E-state index in [1.807, 2.05) is 0 Å². The van der Waals surface area contributed by atoms with E-state index in [4.69, 9.17) is 0 Å². The zero-order valence-electron chi connectivity index (χ0n) is 6.30. The van der Waals surface area contributed by atoms with Crippen molar-refractivity contribution in [1.82, 2.24) is 15.2 Å². The topological polar surface area (TPSA) is 67.8 Å². The van der Waals surface area contributed by atoms with Gasteiger partial charge < -0.3 is 0 Å². The Morgan fingerprint density at radius 3 is 3.00 bits per heavy atom. The van der Waals surface area contributed by atoms with Gasteiger partial charge in [-0.2, -0.15) is 0 Å². The number of rotatable bonds is 2. The number of nitrogens with one attached hydrogen (secondary N) is 1. The van der Waals surface area contributed by atoms with Crippen LogP contribution in [-0.4, -0.2) is 21.1 Å². The molecule has 0 spiro atoms. The highest BCUT2D eigenvalue weighted by Crippen LogP contribution is 2.11. The highest BCUT2D eigenvalue weighted by molar-refractivity contribution is 7.14. The molecule has 0 aliphatic carbocycles. The third kappa shape index (κ3) is 1.87. The number of nitrogens with zero attached hydrogens (tertiary/aromatic N) is 3. The van der Waals surface area contributed by atoms with Crippen molar-refractivity contribution in [2.75, 3.05) is 5.32 Å². The Morgan fingerprint density at radius 1 is 1.46 bits per heavy atom. The molecular weight excluding hydrogens is 208 g/mol. The molecule has 1 amide bonds. The van der Waals surface area contributed by atoms with Crippen LogP contribution in [0.15, 0.2) is 17.1 Å². The average molecular weight is 212 g/mol. The van der Waals surface area contributed by atoms with Gasteiger partial charge in [0.2, 0.25) is 5.13 Å². The second-order valence-corrected chi connectivity index (χ2v) is 3.76. The molecule has 2 heterocycles. The third-order valence-electron chi connectivity index (χ3n) is 1.21. The molecule has 13 heavy (non-hydrogen) atoms. The minimum Gasteiger partial charge on any atom is -0.294 e. The lowest BCUT2D eigenvalue weighted by atomic mass is 10.6. The Bertz CT molecular complexity index is 383. The number of amides is 1. The van der Waals surface area contributed by atoms with Gasteiger partial charge in [-0.3, -0.25) is 10.1 Å². The van der Waals surface area contributed by atoms with E-state index in [1.54, 1.807) is 17.1 Å². The minimum absolute atomic E-state index is 0.244. The summed E-state index contributed by atoms with van der Waals surface area (Å²) >= 11 is 2.56. The average Bonchev–Trinajstić information content (AvgIpc) is 2.74. The summed E-state index contributed by atoms with van der Waals surface area (Å²) in [5, 5.41) is 12.5. The van der Waals surface area contributed by atoms with Crippen LogP contribution < -0.4 is 5.32 Å². The van der Waals surface area contributed by atoms with Crippen LogP contribution >= 0.6 is 22.7 Å². The Balaban J connectivity index is 2.08. The molecule has 0 bridgehead atoms. The van der Waals surface area contributed by atoms with Crippen LogP contribution in [0.3, 0.4) is 0 Å². The quantitative estimate of drug-likeness (QED) is 0.813. The summed E-state index contributed by atoms with van der Waals surface area (Å²) in [6, 6.07) is 0. The maximum absolute atomic E-state index is 11.3. The molecule has 0 saturated carbocycles. The Kier molecular flexibility index (Phi) is 2.28. The predicted octanol–water partition coefficient (Wildman–Crippen LogP) is 1.25. The van der Waals surface area contributed by atoms with Gasteiger partial charge in [0.15, 0.2) is 5.01 Å². The van der Waals surface area contributed by atoms with E-state index >= 15 is 0 Å². The van der Waals surface area contributed by atoms with Crippen molar-refractivity contribution in [2.24, 2.45) is 0 Å². The first kappa shape index (κ1) is 8.27. The molecule has 0 aromatic carbocycles. The van der Waals surface area contributed by atoms with Crippen molar-refractivity contribution >= 4 is 33.7 Å². The minimum atomic E-state index is -0.244. The Morgan fingerprint density at radius 2 is 2.38 bits per heavy atom. The number of hydrogen-bond acceptors (Lipinski definition) is 6. The van der Waals surface area contributed by atoms with Crippen LogP contribution in [0.1, 0.15) is 9.80 Å². The fraction of sp³-hybridized carbons (Fsp3) is 0. The molecular formula is C6H4N4OS2. The lowest BCUT2D eigenvalue weighted by Crippen LogP contribution is -2.10. The fourth-order valence-corrected chi connectivity index (χ4v) is 1.68. The predicted molar refractivity (Wildman–Crippen MR) is 50.0 cm³/mol. The molecule has 0 fully saturated rings. The first-order valence-electron chi connectivity index (χ1n) is 3.33. The van der Waals surface area contributed by atoms with E-state index < -0.39 is 0 Å². The summed E-state index contributed by atoms with van der Waals surface area (Å²) < 4.78 is 0. The largest absolute Gasteiger partial charge is 0.294 e. The normalized spacial score (nSPS) is 9.85. The first-order chi connectivity index (χ1) is 6.36. The van der Waals surface area contributed by atoms with Crippen LogP contribution in [0.2, 0.25) is 0 Å². The zero-order chi connectivity index (χ0) is 9.10. The number of hydrogen-bond donors (Lipinski definition) is 1.